The number of nitrogens with zero attached hydrogens (tertiary/aromatic N) is 3. The standard InChI is InChI=1S/C20H21F4N3O3S/c1-25(2)18-7-6-14(12-17(18)21)19(28)26-8-10-27(11-9-26)31(29,30)16-5-3-4-15(13-16)20(22,23)24/h3-7,12-13H,8-11H2,1-2H3. The zero-order valence-corrected chi connectivity index (χ0v) is 17.7. The molecule has 0 aromatic heterocycles. The van der Waals surface area contributed by atoms with Crippen molar-refractivity contribution in [3.63, 3.8) is 0 Å². The van der Waals surface area contributed by atoms with Crippen molar-refractivity contribution >= 4 is 21.6 Å². The number of alkyl halides is 3. The van der Waals surface area contributed by atoms with Gasteiger partial charge in [-0.1, -0.05) is 6.07 Å². The number of benzene rings is 2. The Balaban J connectivity index is 1.72. The maximum Gasteiger partial charge on any atom is 0.416 e. The Bertz CT molecular complexity index is 1080. The highest BCUT2D eigenvalue weighted by atomic mass is 32.2. The van der Waals surface area contributed by atoms with Gasteiger partial charge in [0.05, 0.1) is 16.1 Å². The van der Waals surface area contributed by atoms with E-state index >= 15 is 0 Å². The zero-order chi connectivity index (χ0) is 23.0. The minimum Gasteiger partial charge on any atom is -0.375 e. The van der Waals surface area contributed by atoms with Crippen molar-refractivity contribution < 1.29 is 30.8 Å². The summed E-state index contributed by atoms with van der Waals surface area (Å²) in [6.07, 6.45) is -4.66. The minimum atomic E-state index is -4.66. The summed E-state index contributed by atoms with van der Waals surface area (Å²) in [5.41, 5.74) is -0.587. The largest absolute Gasteiger partial charge is 0.416 e. The van der Waals surface area contributed by atoms with Gasteiger partial charge < -0.3 is 9.80 Å². The highest BCUT2D eigenvalue weighted by molar-refractivity contribution is 7.89. The number of hydrogen-bond donors (Lipinski definition) is 0. The average Bonchev–Trinajstić information content (AvgIpc) is 2.72. The van der Waals surface area contributed by atoms with E-state index in [0.29, 0.717) is 11.8 Å². The monoisotopic (exact) mass is 459 g/mol. The lowest BCUT2D eigenvalue weighted by molar-refractivity contribution is -0.137. The Labute approximate surface area is 177 Å². The molecule has 0 saturated carbocycles. The highest BCUT2D eigenvalue weighted by Crippen LogP contribution is 2.31. The first-order valence-electron chi connectivity index (χ1n) is 9.35. The molecule has 1 aliphatic rings. The fraction of sp³-hybridized carbons (Fsp3) is 0.350. The lowest BCUT2D eigenvalue weighted by atomic mass is 10.1. The van der Waals surface area contributed by atoms with Gasteiger partial charge in [0.2, 0.25) is 10.0 Å². The number of carbonyl (C=O) groups excluding carboxylic acids is 1. The van der Waals surface area contributed by atoms with Crippen LogP contribution in [0.4, 0.5) is 23.2 Å². The van der Waals surface area contributed by atoms with Crippen molar-refractivity contribution in [3.8, 4) is 0 Å². The fourth-order valence-electron chi connectivity index (χ4n) is 3.30. The molecular formula is C20H21F4N3O3S. The van der Waals surface area contributed by atoms with Crippen molar-refractivity contribution in [1.29, 1.82) is 0 Å². The number of carbonyl (C=O) groups is 1. The van der Waals surface area contributed by atoms with E-state index in [1.807, 2.05) is 0 Å². The van der Waals surface area contributed by atoms with Crippen LogP contribution >= 0.6 is 0 Å². The van der Waals surface area contributed by atoms with Crippen molar-refractivity contribution in [2.45, 2.75) is 11.1 Å². The second kappa shape index (κ2) is 8.46. The lowest BCUT2D eigenvalue weighted by Crippen LogP contribution is -2.50. The Morgan fingerprint density at radius 1 is 1.00 bits per heavy atom. The van der Waals surface area contributed by atoms with Crippen LogP contribution in [0, 0.1) is 5.82 Å². The average molecular weight is 459 g/mol. The summed E-state index contributed by atoms with van der Waals surface area (Å²) in [5, 5.41) is 0. The first kappa shape index (κ1) is 23.0. The third kappa shape index (κ3) is 4.82. The summed E-state index contributed by atoms with van der Waals surface area (Å²) in [5.74, 6) is -0.998. The summed E-state index contributed by atoms with van der Waals surface area (Å²) in [6, 6.07) is 7.66. The second-order valence-electron chi connectivity index (χ2n) is 7.28. The van der Waals surface area contributed by atoms with Gasteiger partial charge in [0.25, 0.3) is 5.91 Å². The highest BCUT2D eigenvalue weighted by Gasteiger charge is 2.34. The van der Waals surface area contributed by atoms with E-state index in [9.17, 15) is 30.8 Å². The number of hydrogen-bond acceptors (Lipinski definition) is 4. The Morgan fingerprint density at radius 2 is 1.65 bits per heavy atom. The molecule has 1 saturated heterocycles. The van der Waals surface area contributed by atoms with Crippen molar-refractivity contribution in [2.75, 3.05) is 45.2 Å². The van der Waals surface area contributed by atoms with Crippen LogP contribution in [0.15, 0.2) is 47.4 Å². The van der Waals surface area contributed by atoms with Crippen LogP contribution in [-0.4, -0.2) is 63.8 Å². The van der Waals surface area contributed by atoms with Gasteiger partial charge in [0, 0.05) is 45.8 Å². The van der Waals surface area contributed by atoms with Crippen LogP contribution < -0.4 is 4.90 Å². The predicted octanol–water partition coefficient (Wildman–Crippen LogP) is 3.06. The molecule has 0 bridgehead atoms. The van der Waals surface area contributed by atoms with E-state index in [-0.39, 0.29) is 31.7 Å². The van der Waals surface area contributed by atoms with Crippen molar-refractivity contribution in [2.24, 2.45) is 0 Å². The van der Waals surface area contributed by atoms with E-state index < -0.39 is 38.4 Å². The van der Waals surface area contributed by atoms with E-state index in [1.54, 1.807) is 19.0 Å². The van der Waals surface area contributed by atoms with Gasteiger partial charge in [0.1, 0.15) is 5.82 Å². The number of halogens is 4. The number of amides is 1. The minimum absolute atomic E-state index is 0.0358. The number of sulfonamides is 1. The number of rotatable bonds is 4. The fourth-order valence-corrected chi connectivity index (χ4v) is 4.77. The predicted molar refractivity (Wildman–Crippen MR) is 107 cm³/mol. The van der Waals surface area contributed by atoms with E-state index in [0.717, 1.165) is 28.6 Å². The first-order valence-corrected chi connectivity index (χ1v) is 10.8. The van der Waals surface area contributed by atoms with Gasteiger partial charge >= 0.3 is 6.18 Å². The normalized spacial score (nSPS) is 15.7. The maximum absolute atomic E-state index is 14.2. The molecule has 0 atom stereocenters. The molecule has 168 valence electrons. The molecule has 0 N–H and O–H groups in total. The van der Waals surface area contributed by atoms with Gasteiger partial charge in [0.15, 0.2) is 0 Å². The molecular weight excluding hydrogens is 438 g/mol. The van der Waals surface area contributed by atoms with Gasteiger partial charge in [-0.15, -0.1) is 0 Å². The van der Waals surface area contributed by atoms with Crippen LogP contribution in [-0.2, 0) is 16.2 Å². The molecule has 0 aliphatic carbocycles. The SMILES string of the molecule is CN(C)c1ccc(C(=O)N2CCN(S(=O)(=O)c3cccc(C(F)(F)F)c3)CC2)cc1F. The van der Waals surface area contributed by atoms with Crippen LogP contribution in [0.5, 0.6) is 0 Å². The smallest absolute Gasteiger partial charge is 0.375 e. The van der Waals surface area contributed by atoms with E-state index in [1.165, 1.54) is 17.0 Å². The first-order chi connectivity index (χ1) is 14.4. The maximum atomic E-state index is 14.2. The molecule has 1 aliphatic heterocycles. The number of anilines is 1. The summed E-state index contributed by atoms with van der Waals surface area (Å²) >= 11 is 0. The van der Waals surface area contributed by atoms with Crippen LogP contribution in [0.1, 0.15) is 15.9 Å². The summed E-state index contributed by atoms with van der Waals surface area (Å²) in [7, 11) is -0.809. The van der Waals surface area contributed by atoms with Gasteiger partial charge in [-0.05, 0) is 36.4 Å². The van der Waals surface area contributed by atoms with Crippen LogP contribution in [0.25, 0.3) is 0 Å². The summed E-state index contributed by atoms with van der Waals surface area (Å²) in [6.45, 7) is -0.0900. The quantitative estimate of drug-likeness (QED) is 0.660. The van der Waals surface area contributed by atoms with Crippen LogP contribution in [0.3, 0.4) is 0 Å². The third-order valence-corrected chi connectivity index (χ3v) is 6.90. The molecule has 1 heterocycles. The molecule has 1 fully saturated rings. The molecule has 31 heavy (non-hydrogen) atoms. The lowest BCUT2D eigenvalue weighted by Gasteiger charge is -2.34. The van der Waals surface area contributed by atoms with Crippen LogP contribution in [0.2, 0.25) is 0 Å². The third-order valence-electron chi connectivity index (χ3n) is 5.00. The molecule has 0 spiro atoms. The Kier molecular flexibility index (Phi) is 6.28. The Morgan fingerprint density at radius 3 is 2.19 bits per heavy atom. The topological polar surface area (TPSA) is 60.9 Å². The molecule has 0 unspecified atom stereocenters. The molecule has 2 aromatic rings. The second-order valence-corrected chi connectivity index (χ2v) is 9.22. The van der Waals surface area contributed by atoms with Crippen molar-refractivity contribution in [3.05, 3.63) is 59.4 Å². The molecule has 0 radical (unpaired) electrons. The Hall–Kier alpha value is -2.66. The van der Waals surface area contributed by atoms with E-state index in [4.69, 9.17) is 0 Å². The van der Waals surface area contributed by atoms with Crippen molar-refractivity contribution in [1.82, 2.24) is 9.21 Å². The molecule has 3 rings (SSSR count). The summed E-state index contributed by atoms with van der Waals surface area (Å²) < 4.78 is 79.5. The summed E-state index contributed by atoms with van der Waals surface area (Å²) in [4.78, 5) is 15.2. The molecule has 1 amide bonds. The van der Waals surface area contributed by atoms with Gasteiger partial charge in [-0.25, -0.2) is 12.8 Å². The molecule has 11 heteroatoms. The molecule has 2 aromatic carbocycles. The van der Waals surface area contributed by atoms with E-state index in [2.05, 4.69) is 0 Å². The molecule has 6 nitrogen and oxygen atoms in total. The number of piperazine rings is 1. The zero-order valence-electron chi connectivity index (χ0n) is 16.9. The van der Waals surface area contributed by atoms with Gasteiger partial charge in [-0.3, -0.25) is 4.79 Å². The van der Waals surface area contributed by atoms with Gasteiger partial charge in [-0.2, -0.15) is 17.5 Å².